The number of nitrogens with one attached hydrogen (secondary N) is 1. The van der Waals surface area contributed by atoms with E-state index in [0.717, 1.165) is 44.8 Å². The first kappa shape index (κ1) is 17.9. The molecule has 25 heavy (non-hydrogen) atoms. The van der Waals surface area contributed by atoms with Crippen LogP contribution in [0, 0.1) is 17.2 Å². The molecule has 2 heterocycles. The van der Waals surface area contributed by atoms with Crippen molar-refractivity contribution in [1.29, 1.82) is 5.26 Å². The third-order valence-electron chi connectivity index (χ3n) is 5.51. The van der Waals surface area contributed by atoms with Crippen LogP contribution in [0.15, 0.2) is 12.4 Å². The number of piperazine rings is 1. The van der Waals surface area contributed by atoms with Crippen LogP contribution in [-0.2, 0) is 18.4 Å². The molecule has 1 N–H and O–H groups in total. The number of hydrogen-bond donors (Lipinski definition) is 1. The van der Waals surface area contributed by atoms with Crippen LogP contribution in [0.25, 0.3) is 0 Å². The molecule has 2 fully saturated rings. The van der Waals surface area contributed by atoms with E-state index in [1.165, 1.54) is 0 Å². The Morgan fingerprint density at radius 1 is 1.48 bits per heavy atom. The molecular formula is C18H28N6O. The Bertz CT molecular complexity index is 661. The fourth-order valence-electron chi connectivity index (χ4n) is 3.59. The summed E-state index contributed by atoms with van der Waals surface area (Å²) >= 11 is 0. The quantitative estimate of drug-likeness (QED) is 0.823. The van der Waals surface area contributed by atoms with Gasteiger partial charge in [0.25, 0.3) is 0 Å². The molecule has 136 valence electrons. The maximum Gasteiger partial charge on any atom is 0.235 e. The number of aromatic nitrogens is 2. The van der Waals surface area contributed by atoms with Crippen molar-refractivity contribution in [1.82, 2.24) is 24.7 Å². The van der Waals surface area contributed by atoms with Gasteiger partial charge in [0.1, 0.15) is 11.4 Å². The van der Waals surface area contributed by atoms with Crippen LogP contribution in [-0.4, -0.2) is 63.0 Å². The van der Waals surface area contributed by atoms with E-state index in [2.05, 4.69) is 33.1 Å². The van der Waals surface area contributed by atoms with E-state index in [-0.39, 0.29) is 5.91 Å². The minimum atomic E-state index is -0.706. The summed E-state index contributed by atoms with van der Waals surface area (Å²) in [5.74, 6) is 1.34. The van der Waals surface area contributed by atoms with Crippen LogP contribution in [0.4, 0.5) is 0 Å². The van der Waals surface area contributed by atoms with Gasteiger partial charge in [0, 0.05) is 45.1 Å². The van der Waals surface area contributed by atoms with E-state index < -0.39 is 5.54 Å². The van der Waals surface area contributed by atoms with Gasteiger partial charge in [-0.3, -0.25) is 14.6 Å². The van der Waals surface area contributed by atoms with E-state index in [1.807, 2.05) is 30.9 Å². The number of aryl methyl sites for hydroxylation is 1. The summed E-state index contributed by atoms with van der Waals surface area (Å²) in [6, 6.07) is 2.65. The van der Waals surface area contributed by atoms with Gasteiger partial charge in [-0.15, -0.1) is 0 Å². The van der Waals surface area contributed by atoms with Gasteiger partial charge in [0.05, 0.1) is 19.2 Å². The molecule has 1 amide bonds. The van der Waals surface area contributed by atoms with Gasteiger partial charge in [-0.05, 0) is 32.6 Å². The summed E-state index contributed by atoms with van der Waals surface area (Å²) < 4.78 is 2.05. The smallest absolute Gasteiger partial charge is 0.235 e. The van der Waals surface area contributed by atoms with Crippen LogP contribution in [0.1, 0.15) is 32.5 Å². The zero-order chi connectivity index (χ0) is 18.0. The minimum Gasteiger partial charge on any atom is -0.337 e. The van der Waals surface area contributed by atoms with Gasteiger partial charge >= 0.3 is 0 Å². The Morgan fingerprint density at radius 2 is 2.24 bits per heavy atom. The number of carbonyl (C=O) groups is 1. The maximum absolute atomic E-state index is 12.4. The highest BCUT2D eigenvalue weighted by molar-refractivity contribution is 5.79. The summed E-state index contributed by atoms with van der Waals surface area (Å²) in [5.41, 5.74) is -0.706. The van der Waals surface area contributed by atoms with E-state index in [4.69, 9.17) is 0 Å². The number of carbonyl (C=O) groups excluding carboxylic acids is 1. The Hall–Kier alpha value is -1.91. The lowest BCUT2D eigenvalue weighted by Crippen LogP contribution is -2.55. The molecule has 1 aromatic heterocycles. The number of amides is 1. The Labute approximate surface area is 149 Å². The van der Waals surface area contributed by atoms with E-state index in [0.29, 0.717) is 18.5 Å². The van der Waals surface area contributed by atoms with Crippen LogP contribution in [0.2, 0.25) is 0 Å². The van der Waals surface area contributed by atoms with E-state index in [9.17, 15) is 10.1 Å². The molecule has 1 saturated carbocycles. The normalized spacial score (nSPS) is 24.5. The van der Waals surface area contributed by atoms with Crippen molar-refractivity contribution in [3.05, 3.63) is 18.2 Å². The molecule has 1 saturated heterocycles. The highest BCUT2D eigenvalue weighted by Gasteiger charge is 2.43. The van der Waals surface area contributed by atoms with Crippen molar-refractivity contribution in [2.45, 2.75) is 44.8 Å². The number of nitriles is 1. The largest absolute Gasteiger partial charge is 0.337 e. The Kier molecular flexibility index (Phi) is 5.11. The van der Waals surface area contributed by atoms with Crippen molar-refractivity contribution in [3.8, 4) is 6.07 Å². The molecule has 0 bridgehead atoms. The van der Waals surface area contributed by atoms with Gasteiger partial charge in [0.15, 0.2) is 0 Å². The standard InChI is InChI=1S/C18H28N6O/c1-14-10-23(8-9-24(14)11-16-20-6-7-22(16)3)12-17(25)21-18(2,13-19)15-4-5-15/h6-7,14-15H,4-5,8-12H2,1-3H3,(H,21,25)/t14-,18-/m0/s1. The topological polar surface area (TPSA) is 77.2 Å². The third-order valence-corrected chi connectivity index (χ3v) is 5.51. The molecule has 1 aliphatic carbocycles. The van der Waals surface area contributed by atoms with Crippen molar-refractivity contribution in [2.75, 3.05) is 26.2 Å². The summed E-state index contributed by atoms with van der Waals surface area (Å²) in [7, 11) is 2.01. The van der Waals surface area contributed by atoms with Gasteiger partial charge in [0.2, 0.25) is 5.91 Å². The third kappa shape index (κ3) is 4.20. The molecule has 1 aliphatic heterocycles. The van der Waals surface area contributed by atoms with Crippen molar-refractivity contribution < 1.29 is 4.79 Å². The Morgan fingerprint density at radius 3 is 2.80 bits per heavy atom. The molecule has 0 unspecified atom stereocenters. The lowest BCUT2D eigenvalue weighted by molar-refractivity contribution is -0.124. The predicted octanol–water partition coefficient (Wildman–Crippen LogP) is 0.735. The van der Waals surface area contributed by atoms with Gasteiger partial charge in [-0.1, -0.05) is 0 Å². The number of rotatable bonds is 6. The highest BCUT2D eigenvalue weighted by Crippen LogP contribution is 2.39. The monoisotopic (exact) mass is 344 g/mol. The first-order chi connectivity index (χ1) is 11.9. The Balaban J connectivity index is 1.48. The van der Waals surface area contributed by atoms with Crippen molar-refractivity contribution in [2.24, 2.45) is 13.0 Å². The highest BCUT2D eigenvalue weighted by atomic mass is 16.2. The van der Waals surface area contributed by atoms with Crippen LogP contribution in [0.3, 0.4) is 0 Å². The van der Waals surface area contributed by atoms with Crippen LogP contribution < -0.4 is 5.32 Å². The minimum absolute atomic E-state index is 0.0410. The molecule has 3 rings (SSSR count). The molecule has 2 aliphatic rings. The second kappa shape index (κ2) is 7.14. The SMILES string of the molecule is C[C@H]1CN(CC(=O)N[C@@](C)(C#N)C2CC2)CCN1Cc1nccn1C. The summed E-state index contributed by atoms with van der Waals surface area (Å²) in [6.07, 6.45) is 5.86. The molecule has 7 heteroatoms. The molecule has 0 aromatic carbocycles. The first-order valence-corrected chi connectivity index (χ1v) is 9.06. The number of hydrogen-bond acceptors (Lipinski definition) is 5. The molecule has 2 atom stereocenters. The average Bonchev–Trinajstić information content (AvgIpc) is 3.35. The summed E-state index contributed by atoms with van der Waals surface area (Å²) in [5, 5.41) is 12.3. The summed E-state index contributed by atoms with van der Waals surface area (Å²) in [4.78, 5) is 21.4. The number of nitrogens with zero attached hydrogens (tertiary/aromatic N) is 5. The molecule has 1 aromatic rings. The van der Waals surface area contributed by atoms with E-state index in [1.54, 1.807) is 0 Å². The fraction of sp³-hybridized carbons (Fsp3) is 0.722. The van der Waals surface area contributed by atoms with Crippen LogP contribution >= 0.6 is 0 Å². The van der Waals surface area contributed by atoms with Crippen LogP contribution in [0.5, 0.6) is 0 Å². The molecule has 7 nitrogen and oxygen atoms in total. The zero-order valence-electron chi connectivity index (χ0n) is 15.4. The number of imidazole rings is 1. The maximum atomic E-state index is 12.4. The first-order valence-electron chi connectivity index (χ1n) is 9.06. The second-order valence-corrected chi connectivity index (χ2v) is 7.65. The second-order valence-electron chi connectivity index (χ2n) is 7.65. The zero-order valence-corrected chi connectivity index (χ0v) is 15.4. The van der Waals surface area contributed by atoms with E-state index >= 15 is 0 Å². The fourth-order valence-corrected chi connectivity index (χ4v) is 3.59. The summed E-state index contributed by atoms with van der Waals surface area (Å²) in [6.45, 7) is 7.86. The molecule has 0 spiro atoms. The van der Waals surface area contributed by atoms with Crippen molar-refractivity contribution >= 4 is 5.91 Å². The predicted molar refractivity (Wildman–Crippen MR) is 94.4 cm³/mol. The average molecular weight is 344 g/mol. The van der Waals surface area contributed by atoms with Gasteiger partial charge in [-0.2, -0.15) is 5.26 Å². The van der Waals surface area contributed by atoms with Gasteiger partial charge in [-0.25, -0.2) is 4.98 Å². The lowest BCUT2D eigenvalue weighted by atomic mass is 9.98. The lowest BCUT2D eigenvalue weighted by Gasteiger charge is -2.39. The molecule has 0 radical (unpaired) electrons. The van der Waals surface area contributed by atoms with Gasteiger partial charge < -0.3 is 9.88 Å². The van der Waals surface area contributed by atoms with Crippen molar-refractivity contribution in [3.63, 3.8) is 0 Å². The molecular weight excluding hydrogens is 316 g/mol.